The molecule has 0 spiro atoms. The Morgan fingerprint density at radius 1 is 1.23 bits per heavy atom. The minimum atomic E-state index is -0.373. The van der Waals surface area contributed by atoms with Gasteiger partial charge in [-0.1, -0.05) is 30.3 Å². The highest BCUT2D eigenvalue weighted by molar-refractivity contribution is 5.80. The Morgan fingerprint density at radius 2 is 2.00 bits per heavy atom. The van der Waals surface area contributed by atoms with Gasteiger partial charge in [-0.3, -0.25) is 9.59 Å². The molecule has 1 fully saturated rings. The fraction of sp³-hybridized carbons (Fsp3) is 0.440. The Balaban J connectivity index is 1.33. The van der Waals surface area contributed by atoms with Crippen LogP contribution in [0.25, 0.3) is 0 Å². The van der Waals surface area contributed by atoms with Gasteiger partial charge in [0.1, 0.15) is 17.6 Å². The predicted octanol–water partition coefficient (Wildman–Crippen LogP) is 3.13. The molecule has 6 heteroatoms. The predicted molar refractivity (Wildman–Crippen MR) is 118 cm³/mol. The van der Waals surface area contributed by atoms with E-state index < -0.39 is 0 Å². The lowest BCUT2D eigenvalue weighted by Gasteiger charge is -2.30. The zero-order chi connectivity index (χ0) is 21.8. The second kappa shape index (κ2) is 9.00. The lowest BCUT2D eigenvalue weighted by atomic mass is 9.85. The fourth-order valence-electron chi connectivity index (χ4n) is 4.62. The van der Waals surface area contributed by atoms with Crippen LogP contribution in [-0.4, -0.2) is 49.1 Å². The van der Waals surface area contributed by atoms with Crippen LogP contribution < -0.4 is 14.8 Å². The van der Waals surface area contributed by atoms with Crippen LogP contribution in [-0.2, 0) is 22.4 Å². The van der Waals surface area contributed by atoms with Crippen molar-refractivity contribution >= 4 is 11.8 Å². The maximum Gasteiger partial charge on any atom is 0.222 e. The van der Waals surface area contributed by atoms with Gasteiger partial charge in [0.25, 0.3) is 0 Å². The summed E-state index contributed by atoms with van der Waals surface area (Å²) in [5, 5.41) is 3.16. The third kappa shape index (κ3) is 5.01. The molecule has 2 heterocycles. The van der Waals surface area contributed by atoms with Gasteiger partial charge in [0.05, 0.1) is 13.7 Å². The summed E-state index contributed by atoms with van der Waals surface area (Å²) < 4.78 is 11.2. The molecule has 0 aromatic heterocycles. The third-order valence-electron chi connectivity index (χ3n) is 6.37. The Labute approximate surface area is 183 Å². The summed E-state index contributed by atoms with van der Waals surface area (Å²) in [6, 6.07) is 15.9. The van der Waals surface area contributed by atoms with Crippen molar-refractivity contribution in [2.24, 2.45) is 0 Å². The standard InChI is InChI=1S/C25H30N2O4/c1-27(17-21-15-19-5-3-4-6-22(19)31-21)24(29)12-14-25(13-11-23(28)26-25)16-18-7-9-20(30-2)10-8-18/h3-10,21H,11-17H2,1-2H3,(H,26,28)/t21-,25+/m1/s1. The Kier molecular flexibility index (Phi) is 6.16. The SMILES string of the molecule is COc1ccc(C[C@@]2(CCC(=O)N(C)C[C@H]3Cc4ccccc4O3)CCC(=O)N2)cc1. The number of rotatable bonds is 8. The van der Waals surface area contributed by atoms with E-state index in [0.29, 0.717) is 32.2 Å². The molecule has 2 amide bonds. The van der Waals surface area contributed by atoms with Gasteiger partial charge in [-0.15, -0.1) is 0 Å². The van der Waals surface area contributed by atoms with E-state index in [-0.39, 0.29) is 23.5 Å². The molecule has 2 aromatic rings. The first kappa shape index (κ1) is 21.2. The normalized spacial score (nSPS) is 21.9. The highest BCUT2D eigenvalue weighted by Gasteiger charge is 2.38. The lowest BCUT2D eigenvalue weighted by molar-refractivity contribution is -0.131. The maximum absolute atomic E-state index is 12.9. The maximum atomic E-state index is 12.9. The first-order valence-electron chi connectivity index (χ1n) is 10.9. The Hall–Kier alpha value is -3.02. The van der Waals surface area contributed by atoms with Crippen LogP contribution in [0.4, 0.5) is 0 Å². The number of likely N-dealkylation sites (N-methyl/N-ethyl adjacent to an activating group) is 1. The molecule has 2 aliphatic heterocycles. The molecule has 2 aromatic carbocycles. The molecule has 2 aliphatic rings. The van der Waals surface area contributed by atoms with Crippen LogP contribution >= 0.6 is 0 Å². The topological polar surface area (TPSA) is 67.9 Å². The van der Waals surface area contributed by atoms with E-state index in [1.165, 1.54) is 5.56 Å². The summed E-state index contributed by atoms with van der Waals surface area (Å²) >= 11 is 0. The molecule has 0 bridgehead atoms. The number of nitrogens with zero attached hydrogens (tertiary/aromatic N) is 1. The van der Waals surface area contributed by atoms with E-state index in [2.05, 4.69) is 11.4 Å². The molecule has 0 unspecified atom stereocenters. The number of methoxy groups -OCH3 is 1. The molecule has 0 saturated carbocycles. The number of fused-ring (bicyclic) bond motifs is 1. The van der Waals surface area contributed by atoms with Gasteiger partial charge in [-0.2, -0.15) is 0 Å². The van der Waals surface area contributed by atoms with Crippen LogP contribution in [0, 0.1) is 0 Å². The van der Waals surface area contributed by atoms with Gasteiger partial charge in [0.15, 0.2) is 0 Å². The summed E-state index contributed by atoms with van der Waals surface area (Å²) in [7, 11) is 3.48. The number of amides is 2. The van der Waals surface area contributed by atoms with Crippen LogP contribution in [0.3, 0.4) is 0 Å². The third-order valence-corrected chi connectivity index (χ3v) is 6.37. The summed E-state index contributed by atoms with van der Waals surface area (Å²) in [6.07, 6.45) is 3.80. The Bertz CT molecular complexity index is 918. The molecular formula is C25H30N2O4. The number of hydrogen-bond donors (Lipinski definition) is 1. The molecule has 31 heavy (non-hydrogen) atoms. The van der Waals surface area contributed by atoms with E-state index in [0.717, 1.165) is 29.9 Å². The minimum Gasteiger partial charge on any atom is -0.497 e. The number of para-hydroxylation sites is 1. The number of carbonyl (C=O) groups is 2. The van der Waals surface area contributed by atoms with E-state index in [4.69, 9.17) is 9.47 Å². The van der Waals surface area contributed by atoms with Crippen molar-refractivity contribution in [3.63, 3.8) is 0 Å². The highest BCUT2D eigenvalue weighted by atomic mass is 16.5. The monoisotopic (exact) mass is 422 g/mol. The zero-order valence-electron chi connectivity index (χ0n) is 18.2. The van der Waals surface area contributed by atoms with Crippen molar-refractivity contribution in [1.29, 1.82) is 0 Å². The number of carbonyl (C=O) groups excluding carboxylic acids is 2. The van der Waals surface area contributed by atoms with E-state index in [9.17, 15) is 9.59 Å². The highest BCUT2D eigenvalue weighted by Crippen LogP contribution is 2.31. The molecule has 1 N–H and O–H groups in total. The summed E-state index contributed by atoms with van der Waals surface area (Å²) in [5.41, 5.74) is 1.95. The molecule has 0 aliphatic carbocycles. The van der Waals surface area contributed by atoms with Crippen molar-refractivity contribution < 1.29 is 19.1 Å². The summed E-state index contributed by atoms with van der Waals surface area (Å²) in [6.45, 7) is 0.561. The molecule has 0 radical (unpaired) electrons. The van der Waals surface area contributed by atoms with Crippen LogP contribution in [0.15, 0.2) is 48.5 Å². The first-order valence-corrected chi connectivity index (χ1v) is 10.9. The molecular weight excluding hydrogens is 392 g/mol. The Morgan fingerprint density at radius 3 is 2.68 bits per heavy atom. The average molecular weight is 423 g/mol. The van der Waals surface area contributed by atoms with Crippen LogP contribution in [0.1, 0.15) is 36.8 Å². The lowest BCUT2D eigenvalue weighted by Crippen LogP contribution is -2.45. The fourth-order valence-corrected chi connectivity index (χ4v) is 4.62. The van der Waals surface area contributed by atoms with Gasteiger partial charge in [-0.25, -0.2) is 0 Å². The summed E-state index contributed by atoms with van der Waals surface area (Å²) in [4.78, 5) is 26.6. The van der Waals surface area contributed by atoms with E-state index >= 15 is 0 Å². The number of ether oxygens (including phenoxy) is 2. The van der Waals surface area contributed by atoms with Gasteiger partial charge >= 0.3 is 0 Å². The van der Waals surface area contributed by atoms with Gasteiger partial charge in [-0.05, 0) is 48.6 Å². The van der Waals surface area contributed by atoms with Gasteiger partial charge < -0.3 is 19.7 Å². The average Bonchev–Trinajstić information content (AvgIpc) is 3.35. The van der Waals surface area contributed by atoms with Crippen LogP contribution in [0.2, 0.25) is 0 Å². The van der Waals surface area contributed by atoms with E-state index in [1.807, 2.05) is 49.5 Å². The molecule has 6 nitrogen and oxygen atoms in total. The van der Waals surface area contributed by atoms with E-state index in [1.54, 1.807) is 12.0 Å². The quantitative estimate of drug-likeness (QED) is 0.710. The molecule has 2 atom stereocenters. The largest absolute Gasteiger partial charge is 0.497 e. The smallest absolute Gasteiger partial charge is 0.222 e. The second-order valence-corrected chi connectivity index (χ2v) is 8.68. The summed E-state index contributed by atoms with van der Waals surface area (Å²) in [5.74, 6) is 1.86. The van der Waals surface area contributed by atoms with Gasteiger partial charge in [0, 0.05) is 31.8 Å². The van der Waals surface area contributed by atoms with Crippen molar-refractivity contribution in [3.05, 3.63) is 59.7 Å². The first-order chi connectivity index (χ1) is 15.0. The van der Waals surface area contributed by atoms with Crippen molar-refractivity contribution in [2.75, 3.05) is 20.7 Å². The molecule has 164 valence electrons. The number of benzene rings is 2. The van der Waals surface area contributed by atoms with Crippen LogP contribution in [0.5, 0.6) is 11.5 Å². The van der Waals surface area contributed by atoms with Crippen molar-refractivity contribution in [2.45, 2.75) is 50.2 Å². The number of nitrogens with one attached hydrogen (secondary N) is 1. The number of hydrogen-bond acceptors (Lipinski definition) is 4. The molecule has 4 rings (SSSR count). The van der Waals surface area contributed by atoms with Crippen molar-refractivity contribution in [3.8, 4) is 11.5 Å². The van der Waals surface area contributed by atoms with Gasteiger partial charge in [0.2, 0.25) is 11.8 Å². The van der Waals surface area contributed by atoms with Crippen molar-refractivity contribution in [1.82, 2.24) is 10.2 Å². The second-order valence-electron chi connectivity index (χ2n) is 8.68. The zero-order valence-corrected chi connectivity index (χ0v) is 18.2. The minimum absolute atomic E-state index is 0.00853. The molecule has 1 saturated heterocycles.